The summed E-state index contributed by atoms with van der Waals surface area (Å²) in [5.74, 6) is -0.663. The van der Waals surface area contributed by atoms with Crippen molar-refractivity contribution < 1.29 is 13.3 Å². The molecule has 0 amide bonds. The predicted octanol–water partition coefficient (Wildman–Crippen LogP) is 1.00. The maximum Gasteiger partial charge on any atom is 0.410 e. The second-order valence-electron chi connectivity index (χ2n) is 5.36. The summed E-state index contributed by atoms with van der Waals surface area (Å²) in [6, 6.07) is 9.40. The third-order valence-corrected chi connectivity index (χ3v) is 5.58. The van der Waals surface area contributed by atoms with E-state index in [-0.39, 0.29) is 19.6 Å². The topological polar surface area (TPSA) is 124 Å². The molecule has 0 bridgehead atoms. The van der Waals surface area contributed by atoms with Gasteiger partial charge in [0.25, 0.3) is 10.0 Å². The number of nitrogens with two attached hydrogens (primary N) is 1. The van der Waals surface area contributed by atoms with Gasteiger partial charge in [0.05, 0.1) is 17.8 Å². The van der Waals surface area contributed by atoms with E-state index >= 15 is 0 Å². The molecule has 0 spiro atoms. The quantitative estimate of drug-likeness (QED) is 0.521. The van der Waals surface area contributed by atoms with Crippen molar-refractivity contribution in [1.29, 1.82) is 0 Å². The van der Waals surface area contributed by atoms with Gasteiger partial charge in [-0.15, -0.1) is 0 Å². The average molecular weight is 367 g/mol. The number of nitro groups is 1. The summed E-state index contributed by atoms with van der Waals surface area (Å²) >= 11 is 0. The van der Waals surface area contributed by atoms with E-state index in [2.05, 4.69) is 5.10 Å². The molecule has 0 aliphatic heterocycles. The van der Waals surface area contributed by atoms with Gasteiger partial charge in [-0.25, -0.2) is 8.42 Å². The van der Waals surface area contributed by atoms with E-state index in [0.29, 0.717) is 13.0 Å². The lowest BCUT2D eigenvalue weighted by molar-refractivity contribution is -0.392. The van der Waals surface area contributed by atoms with Gasteiger partial charge in [-0.1, -0.05) is 30.3 Å². The first kappa shape index (κ1) is 19.0. The van der Waals surface area contributed by atoms with Gasteiger partial charge in [0.15, 0.2) is 0 Å². The number of hydrogen-bond acceptors (Lipinski definition) is 6. The summed E-state index contributed by atoms with van der Waals surface area (Å²) in [7, 11) is -4.07. The maximum atomic E-state index is 12.9. The molecule has 1 aromatic carbocycles. The van der Waals surface area contributed by atoms with Crippen LogP contribution in [0.15, 0.2) is 41.4 Å². The molecule has 2 aromatic rings. The molecule has 0 aliphatic rings. The molecule has 0 radical (unpaired) electrons. The van der Waals surface area contributed by atoms with Crippen LogP contribution < -0.4 is 5.73 Å². The standard InChI is InChI=1S/C15H21N5O4S/c1-2-18-12-14(15(17-18)20(21)22)25(23,24)19(11-9-16)10-8-13-6-4-3-5-7-13/h3-7,12H,2,8-11,16H2,1H3. The highest BCUT2D eigenvalue weighted by molar-refractivity contribution is 7.89. The second-order valence-corrected chi connectivity index (χ2v) is 7.26. The Bertz CT molecular complexity index is 820. The lowest BCUT2D eigenvalue weighted by atomic mass is 10.1. The van der Waals surface area contributed by atoms with Crippen molar-refractivity contribution in [2.45, 2.75) is 24.8 Å². The molecule has 0 fully saturated rings. The van der Waals surface area contributed by atoms with Gasteiger partial charge in [-0.2, -0.15) is 8.99 Å². The second kappa shape index (κ2) is 8.19. The van der Waals surface area contributed by atoms with Crippen LogP contribution in [0, 0.1) is 10.1 Å². The van der Waals surface area contributed by atoms with E-state index in [1.165, 1.54) is 15.2 Å². The summed E-state index contributed by atoms with van der Waals surface area (Å²) in [4.78, 5) is 10.00. The third kappa shape index (κ3) is 4.41. The number of hydrogen-bond donors (Lipinski definition) is 1. The predicted molar refractivity (Wildman–Crippen MR) is 92.5 cm³/mol. The number of nitrogens with zero attached hydrogens (tertiary/aromatic N) is 4. The van der Waals surface area contributed by atoms with Crippen LogP contribution in [-0.2, 0) is 23.0 Å². The van der Waals surface area contributed by atoms with Crippen molar-refractivity contribution in [3.05, 3.63) is 52.2 Å². The summed E-state index contributed by atoms with van der Waals surface area (Å²) in [6.45, 7) is 2.42. The highest BCUT2D eigenvalue weighted by atomic mass is 32.2. The Morgan fingerprint density at radius 1 is 1.28 bits per heavy atom. The number of rotatable bonds is 9. The largest absolute Gasteiger partial charge is 0.410 e. The van der Waals surface area contributed by atoms with E-state index in [9.17, 15) is 18.5 Å². The molecule has 1 heterocycles. The highest BCUT2D eigenvalue weighted by Crippen LogP contribution is 2.25. The summed E-state index contributed by atoms with van der Waals surface area (Å²) in [6.07, 6.45) is 1.68. The minimum absolute atomic E-state index is 0.0730. The van der Waals surface area contributed by atoms with E-state index in [4.69, 9.17) is 5.73 Å². The van der Waals surface area contributed by atoms with Crippen LogP contribution in [0.5, 0.6) is 0 Å². The Morgan fingerprint density at radius 2 is 1.96 bits per heavy atom. The molecule has 136 valence electrons. The lowest BCUT2D eigenvalue weighted by Gasteiger charge is -2.20. The molecule has 1 aromatic heterocycles. The molecule has 0 unspecified atom stereocenters. The fourth-order valence-electron chi connectivity index (χ4n) is 2.40. The first-order valence-electron chi connectivity index (χ1n) is 7.86. The molecule has 10 heteroatoms. The van der Waals surface area contributed by atoms with Crippen molar-refractivity contribution in [2.75, 3.05) is 19.6 Å². The monoisotopic (exact) mass is 367 g/mol. The number of aryl methyl sites for hydroxylation is 1. The van der Waals surface area contributed by atoms with Crippen molar-refractivity contribution in [3.8, 4) is 0 Å². The van der Waals surface area contributed by atoms with E-state index in [1.807, 2.05) is 30.3 Å². The maximum absolute atomic E-state index is 12.9. The summed E-state index contributed by atoms with van der Waals surface area (Å²) < 4.78 is 28.2. The SMILES string of the molecule is CCn1cc(S(=O)(=O)N(CCN)CCc2ccccc2)c([N+](=O)[O-])n1. The molecular formula is C15H21N5O4S. The third-order valence-electron chi connectivity index (χ3n) is 3.70. The first-order valence-corrected chi connectivity index (χ1v) is 9.30. The number of aromatic nitrogens is 2. The minimum atomic E-state index is -4.07. The van der Waals surface area contributed by atoms with Gasteiger partial charge in [0, 0.05) is 19.6 Å². The normalized spacial score (nSPS) is 11.8. The van der Waals surface area contributed by atoms with Crippen LogP contribution in [0.25, 0.3) is 0 Å². The van der Waals surface area contributed by atoms with Crippen LogP contribution >= 0.6 is 0 Å². The molecule has 0 saturated carbocycles. The van der Waals surface area contributed by atoms with Crippen LogP contribution in [0.1, 0.15) is 12.5 Å². The Balaban J connectivity index is 2.32. The van der Waals surface area contributed by atoms with Crippen LogP contribution in [0.4, 0.5) is 5.82 Å². The lowest BCUT2D eigenvalue weighted by Crippen LogP contribution is -2.37. The zero-order valence-corrected chi connectivity index (χ0v) is 14.7. The van der Waals surface area contributed by atoms with Crippen molar-refractivity contribution in [1.82, 2.24) is 14.1 Å². The van der Waals surface area contributed by atoms with Crippen molar-refractivity contribution in [3.63, 3.8) is 0 Å². The molecule has 25 heavy (non-hydrogen) atoms. The number of sulfonamides is 1. The van der Waals surface area contributed by atoms with Crippen LogP contribution in [-0.4, -0.2) is 47.1 Å². The zero-order valence-electron chi connectivity index (χ0n) is 13.9. The summed E-state index contributed by atoms with van der Waals surface area (Å²) in [5.41, 5.74) is 6.51. The molecule has 0 saturated heterocycles. The smallest absolute Gasteiger partial charge is 0.358 e. The zero-order chi connectivity index (χ0) is 18.4. The molecule has 2 N–H and O–H groups in total. The van der Waals surface area contributed by atoms with E-state index < -0.39 is 25.7 Å². The van der Waals surface area contributed by atoms with Gasteiger partial charge in [-0.3, -0.25) is 0 Å². The van der Waals surface area contributed by atoms with Gasteiger partial charge in [0.1, 0.15) is 0 Å². The Labute approximate surface area is 146 Å². The summed E-state index contributed by atoms with van der Waals surface area (Å²) in [5, 5.41) is 14.9. The van der Waals surface area contributed by atoms with E-state index in [0.717, 1.165) is 5.56 Å². The van der Waals surface area contributed by atoms with Crippen LogP contribution in [0.3, 0.4) is 0 Å². The van der Waals surface area contributed by atoms with Gasteiger partial charge in [0.2, 0.25) is 4.90 Å². The van der Waals surface area contributed by atoms with Crippen LogP contribution in [0.2, 0.25) is 0 Å². The Kier molecular flexibility index (Phi) is 6.23. The molecular weight excluding hydrogens is 346 g/mol. The molecule has 0 atom stereocenters. The first-order chi connectivity index (χ1) is 11.9. The van der Waals surface area contributed by atoms with Gasteiger partial charge in [-0.05, 0) is 23.8 Å². The molecule has 2 rings (SSSR count). The highest BCUT2D eigenvalue weighted by Gasteiger charge is 2.35. The minimum Gasteiger partial charge on any atom is -0.358 e. The van der Waals surface area contributed by atoms with Crippen molar-refractivity contribution in [2.24, 2.45) is 5.73 Å². The van der Waals surface area contributed by atoms with E-state index in [1.54, 1.807) is 6.92 Å². The Hall–Kier alpha value is -2.30. The van der Waals surface area contributed by atoms with Crippen molar-refractivity contribution >= 4 is 15.8 Å². The van der Waals surface area contributed by atoms with Gasteiger partial charge < -0.3 is 15.8 Å². The average Bonchev–Trinajstić information content (AvgIpc) is 3.05. The molecule has 9 nitrogen and oxygen atoms in total. The fourth-order valence-corrected chi connectivity index (χ4v) is 3.95. The fraction of sp³-hybridized carbons (Fsp3) is 0.400. The van der Waals surface area contributed by atoms with Gasteiger partial charge >= 0.3 is 5.82 Å². The Morgan fingerprint density at radius 3 is 2.52 bits per heavy atom. The molecule has 0 aliphatic carbocycles. The number of benzene rings is 1.